The number of aromatic nitrogens is 1. The molecule has 3 rings (SSSR count). The Morgan fingerprint density at radius 2 is 2.04 bits per heavy atom. The van der Waals surface area contributed by atoms with Crippen LogP contribution in [0.25, 0.3) is 10.6 Å². The number of carbonyl (C=O) groups excluding carboxylic acids is 1. The zero-order valence-corrected chi connectivity index (χ0v) is 15.4. The van der Waals surface area contributed by atoms with Crippen LogP contribution in [0.3, 0.4) is 0 Å². The molecule has 0 aliphatic rings. The van der Waals surface area contributed by atoms with E-state index < -0.39 is 0 Å². The second kappa shape index (κ2) is 8.10. The average molecular weight is 370 g/mol. The van der Waals surface area contributed by atoms with Crippen molar-refractivity contribution >= 4 is 17.2 Å². The highest BCUT2D eigenvalue weighted by molar-refractivity contribution is 7.15. The van der Waals surface area contributed by atoms with Crippen LogP contribution in [-0.2, 0) is 6.42 Å². The van der Waals surface area contributed by atoms with E-state index in [0.717, 1.165) is 21.1 Å². The monoisotopic (exact) mass is 370 g/mol. The van der Waals surface area contributed by atoms with E-state index in [4.69, 9.17) is 4.74 Å². The van der Waals surface area contributed by atoms with E-state index in [1.165, 1.54) is 23.5 Å². The van der Waals surface area contributed by atoms with Gasteiger partial charge in [0.1, 0.15) is 16.6 Å². The number of nitrogens with one attached hydrogen (secondary N) is 1. The van der Waals surface area contributed by atoms with Gasteiger partial charge in [-0.25, -0.2) is 9.37 Å². The molecule has 1 heterocycles. The Labute approximate surface area is 155 Å². The molecular weight excluding hydrogens is 351 g/mol. The Kier molecular flexibility index (Phi) is 5.63. The summed E-state index contributed by atoms with van der Waals surface area (Å²) in [5, 5.41) is 3.70. The van der Waals surface area contributed by atoms with Gasteiger partial charge in [-0.1, -0.05) is 18.2 Å². The normalized spacial score (nSPS) is 10.6. The van der Waals surface area contributed by atoms with Crippen molar-refractivity contribution in [2.24, 2.45) is 0 Å². The van der Waals surface area contributed by atoms with Crippen molar-refractivity contribution in [3.05, 3.63) is 70.5 Å². The SMILES string of the molecule is COc1cccc(C(=O)NCCc2sc(-c3cccc(F)c3)nc2C)c1. The van der Waals surface area contributed by atoms with Gasteiger partial charge in [-0.3, -0.25) is 4.79 Å². The van der Waals surface area contributed by atoms with Gasteiger partial charge in [-0.05, 0) is 37.3 Å². The Balaban J connectivity index is 1.62. The summed E-state index contributed by atoms with van der Waals surface area (Å²) in [6.07, 6.45) is 0.675. The van der Waals surface area contributed by atoms with E-state index >= 15 is 0 Å². The molecule has 26 heavy (non-hydrogen) atoms. The Morgan fingerprint density at radius 1 is 1.23 bits per heavy atom. The number of rotatable bonds is 6. The summed E-state index contributed by atoms with van der Waals surface area (Å²) in [5.74, 6) is 0.231. The molecule has 134 valence electrons. The number of hydrogen-bond acceptors (Lipinski definition) is 4. The third kappa shape index (κ3) is 4.26. The van der Waals surface area contributed by atoms with Crippen LogP contribution in [0.5, 0.6) is 5.75 Å². The fourth-order valence-electron chi connectivity index (χ4n) is 2.56. The van der Waals surface area contributed by atoms with Crippen molar-refractivity contribution in [2.45, 2.75) is 13.3 Å². The summed E-state index contributed by atoms with van der Waals surface area (Å²) < 4.78 is 18.5. The summed E-state index contributed by atoms with van der Waals surface area (Å²) >= 11 is 1.53. The highest BCUT2D eigenvalue weighted by atomic mass is 32.1. The first-order valence-corrected chi connectivity index (χ1v) is 9.03. The van der Waals surface area contributed by atoms with Gasteiger partial charge < -0.3 is 10.1 Å². The van der Waals surface area contributed by atoms with Gasteiger partial charge in [0.05, 0.1) is 12.8 Å². The van der Waals surface area contributed by atoms with Crippen LogP contribution in [0.1, 0.15) is 20.9 Å². The molecule has 0 radical (unpaired) electrons. The number of methoxy groups -OCH3 is 1. The summed E-state index contributed by atoms with van der Waals surface area (Å²) in [4.78, 5) is 17.8. The van der Waals surface area contributed by atoms with Gasteiger partial charge in [0.25, 0.3) is 5.91 Å². The molecule has 6 heteroatoms. The maximum Gasteiger partial charge on any atom is 0.251 e. The number of amides is 1. The first kappa shape index (κ1) is 18.1. The molecule has 4 nitrogen and oxygen atoms in total. The lowest BCUT2D eigenvalue weighted by molar-refractivity contribution is 0.0954. The van der Waals surface area contributed by atoms with Crippen molar-refractivity contribution in [3.8, 4) is 16.3 Å². The maximum absolute atomic E-state index is 13.4. The molecule has 1 amide bonds. The van der Waals surface area contributed by atoms with E-state index in [9.17, 15) is 9.18 Å². The summed E-state index contributed by atoms with van der Waals surface area (Å²) in [7, 11) is 1.57. The molecule has 1 N–H and O–H groups in total. The standard InChI is InChI=1S/C20H19FN2O2S/c1-13-18(26-20(23-13)15-6-3-7-16(21)11-15)9-10-22-19(24)14-5-4-8-17(12-14)25-2/h3-8,11-12H,9-10H2,1-2H3,(H,22,24). The van der Waals surface area contributed by atoms with Crippen LogP contribution in [0, 0.1) is 12.7 Å². The van der Waals surface area contributed by atoms with Crippen molar-refractivity contribution < 1.29 is 13.9 Å². The van der Waals surface area contributed by atoms with Crippen LogP contribution < -0.4 is 10.1 Å². The fourth-order valence-corrected chi connectivity index (χ4v) is 3.62. The molecule has 3 aromatic rings. The first-order valence-electron chi connectivity index (χ1n) is 8.21. The highest BCUT2D eigenvalue weighted by Crippen LogP contribution is 2.28. The fraction of sp³-hybridized carbons (Fsp3) is 0.200. The minimum atomic E-state index is -0.276. The largest absolute Gasteiger partial charge is 0.497 e. The Hall–Kier alpha value is -2.73. The minimum absolute atomic E-state index is 0.142. The zero-order chi connectivity index (χ0) is 18.5. The molecule has 1 aromatic heterocycles. The molecule has 0 bridgehead atoms. The third-order valence-electron chi connectivity index (χ3n) is 3.93. The van der Waals surface area contributed by atoms with Crippen LogP contribution in [-0.4, -0.2) is 24.5 Å². The van der Waals surface area contributed by atoms with Gasteiger partial charge >= 0.3 is 0 Å². The van der Waals surface area contributed by atoms with Crippen LogP contribution in [0.15, 0.2) is 48.5 Å². The quantitative estimate of drug-likeness (QED) is 0.706. The van der Waals surface area contributed by atoms with E-state index in [0.29, 0.717) is 24.3 Å². The second-order valence-electron chi connectivity index (χ2n) is 5.78. The maximum atomic E-state index is 13.4. The van der Waals surface area contributed by atoms with Crippen LogP contribution >= 0.6 is 11.3 Å². The minimum Gasteiger partial charge on any atom is -0.497 e. The van der Waals surface area contributed by atoms with Gasteiger partial charge in [0.2, 0.25) is 0 Å². The second-order valence-corrected chi connectivity index (χ2v) is 6.86. The Morgan fingerprint density at radius 3 is 2.81 bits per heavy atom. The third-order valence-corrected chi connectivity index (χ3v) is 5.20. The molecule has 0 atom stereocenters. The van der Waals surface area contributed by atoms with Crippen molar-refractivity contribution in [1.29, 1.82) is 0 Å². The smallest absolute Gasteiger partial charge is 0.251 e. The van der Waals surface area contributed by atoms with E-state index in [-0.39, 0.29) is 11.7 Å². The molecule has 0 saturated carbocycles. The van der Waals surface area contributed by atoms with Gasteiger partial charge in [-0.2, -0.15) is 0 Å². The summed E-state index contributed by atoms with van der Waals surface area (Å²) in [6.45, 7) is 2.43. The number of nitrogens with zero attached hydrogens (tertiary/aromatic N) is 1. The zero-order valence-electron chi connectivity index (χ0n) is 14.6. The lowest BCUT2D eigenvalue weighted by atomic mass is 10.2. The first-order chi connectivity index (χ1) is 12.6. The molecular formula is C20H19FN2O2S. The molecule has 0 aliphatic carbocycles. The van der Waals surface area contributed by atoms with Crippen molar-refractivity contribution in [2.75, 3.05) is 13.7 Å². The number of aryl methyl sites for hydroxylation is 1. The topological polar surface area (TPSA) is 51.2 Å². The molecule has 2 aromatic carbocycles. The predicted molar refractivity (Wildman–Crippen MR) is 101 cm³/mol. The van der Waals surface area contributed by atoms with Gasteiger partial charge in [0, 0.05) is 29.0 Å². The number of ether oxygens (including phenoxy) is 1. The molecule has 0 spiro atoms. The van der Waals surface area contributed by atoms with E-state index in [1.807, 2.05) is 13.0 Å². The van der Waals surface area contributed by atoms with E-state index in [2.05, 4.69) is 10.3 Å². The number of halogens is 1. The van der Waals surface area contributed by atoms with Crippen LogP contribution in [0.2, 0.25) is 0 Å². The highest BCUT2D eigenvalue weighted by Gasteiger charge is 2.11. The summed E-state index contributed by atoms with van der Waals surface area (Å²) in [6, 6.07) is 13.4. The lowest BCUT2D eigenvalue weighted by Gasteiger charge is -2.06. The van der Waals surface area contributed by atoms with Crippen molar-refractivity contribution in [1.82, 2.24) is 10.3 Å². The van der Waals surface area contributed by atoms with Crippen molar-refractivity contribution in [3.63, 3.8) is 0 Å². The average Bonchev–Trinajstić information content (AvgIpc) is 3.02. The predicted octanol–water partition coefficient (Wildman–Crippen LogP) is 4.24. The number of carbonyl (C=O) groups is 1. The molecule has 0 fully saturated rings. The number of benzene rings is 2. The van der Waals surface area contributed by atoms with Crippen LogP contribution in [0.4, 0.5) is 4.39 Å². The summed E-state index contributed by atoms with van der Waals surface area (Å²) in [5.41, 5.74) is 2.24. The molecule has 0 aliphatic heterocycles. The van der Waals surface area contributed by atoms with E-state index in [1.54, 1.807) is 37.4 Å². The number of hydrogen-bond donors (Lipinski definition) is 1. The molecule has 0 unspecified atom stereocenters. The molecule has 0 saturated heterocycles. The van der Waals surface area contributed by atoms with Gasteiger partial charge in [-0.15, -0.1) is 11.3 Å². The lowest BCUT2D eigenvalue weighted by Crippen LogP contribution is -2.25. The number of thiazole rings is 1. The Bertz CT molecular complexity index is 924. The van der Waals surface area contributed by atoms with Gasteiger partial charge in [0.15, 0.2) is 0 Å².